The van der Waals surface area contributed by atoms with Crippen molar-refractivity contribution in [2.75, 3.05) is 13.1 Å². The number of aromatic amines is 2. The number of nitrogens with one attached hydrogen (secondary N) is 2. The highest BCUT2D eigenvalue weighted by Crippen LogP contribution is 2.28. The molecule has 0 saturated carbocycles. The molecule has 1 aliphatic rings. The zero-order valence-corrected chi connectivity index (χ0v) is 13.7. The molecule has 3 heterocycles. The summed E-state index contributed by atoms with van der Waals surface area (Å²) >= 11 is 5.90. The van der Waals surface area contributed by atoms with Gasteiger partial charge in [0.1, 0.15) is 5.56 Å². The van der Waals surface area contributed by atoms with Crippen molar-refractivity contribution in [3.05, 3.63) is 50.7 Å². The lowest BCUT2D eigenvalue weighted by atomic mass is 9.91. The summed E-state index contributed by atoms with van der Waals surface area (Å²) in [5, 5.41) is 7.54. The topological polar surface area (TPSA) is 81.8 Å². The summed E-state index contributed by atoms with van der Waals surface area (Å²) < 4.78 is 0. The third-order valence-corrected chi connectivity index (χ3v) is 4.57. The minimum absolute atomic E-state index is 0.0958. The number of halogens is 1. The molecule has 0 bridgehead atoms. The Labute approximate surface area is 138 Å². The molecule has 0 radical (unpaired) electrons. The van der Waals surface area contributed by atoms with Gasteiger partial charge in [0, 0.05) is 30.9 Å². The van der Waals surface area contributed by atoms with E-state index in [0.717, 1.165) is 25.0 Å². The van der Waals surface area contributed by atoms with Crippen LogP contribution in [0.5, 0.6) is 0 Å². The fraction of sp³-hybridized carbons (Fsp3) is 0.438. The van der Waals surface area contributed by atoms with Gasteiger partial charge in [-0.3, -0.25) is 14.7 Å². The van der Waals surface area contributed by atoms with Crippen LogP contribution in [0.25, 0.3) is 0 Å². The molecule has 2 N–H and O–H groups in total. The van der Waals surface area contributed by atoms with Crippen LogP contribution in [-0.4, -0.2) is 39.1 Å². The van der Waals surface area contributed by atoms with Gasteiger partial charge < -0.3 is 9.88 Å². The first-order valence-corrected chi connectivity index (χ1v) is 8.17. The average molecular weight is 335 g/mol. The Balaban J connectivity index is 1.82. The third kappa shape index (κ3) is 3.17. The van der Waals surface area contributed by atoms with Gasteiger partial charge in [-0.2, -0.15) is 5.10 Å². The number of aromatic nitrogens is 3. The van der Waals surface area contributed by atoms with E-state index in [-0.39, 0.29) is 17.4 Å². The molecule has 1 amide bonds. The summed E-state index contributed by atoms with van der Waals surface area (Å²) in [5.74, 6) is -0.0422. The highest BCUT2D eigenvalue weighted by Gasteiger charge is 2.28. The molecule has 1 aliphatic heterocycles. The minimum Gasteiger partial charge on any atom is -0.338 e. The van der Waals surface area contributed by atoms with E-state index in [2.05, 4.69) is 22.1 Å². The number of rotatable bonds is 3. The maximum Gasteiger partial charge on any atom is 0.260 e. The van der Waals surface area contributed by atoms with Crippen LogP contribution in [-0.2, 0) is 6.42 Å². The summed E-state index contributed by atoms with van der Waals surface area (Å²) in [6.45, 7) is 3.32. The molecular weight excluding hydrogens is 316 g/mol. The molecule has 122 valence electrons. The first-order valence-electron chi connectivity index (χ1n) is 7.79. The summed E-state index contributed by atoms with van der Waals surface area (Å²) in [6.07, 6.45) is 6.04. The molecule has 2 aromatic heterocycles. The molecule has 3 rings (SSSR count). The lowest BCUT2D eigenvalue weighted by Crippen LogP contribution is -2.41. The van der Waals surface area contributed by atoms with Gasteiger partial charge in [0.25, 0.3) is 11.5 Å². The van der Waals surface area contributed by atoms with Crippen molar-refractivity contribution in [2.24, 2.45) is 0 Å². The summed E-state index contributed by atoms with van der Waals surface area (Å²) in [7, 11) is 0. The molecule has 1 fully saturated rings. The van der Waals surface area contributed by atoms with Crippen LogP contribution in [0.4, 0.5) is 0 Å². The number of carbonyl (C=O) groups is 1. The zero-order chi connectivity index (χ0) is 16.4. The van der Waals surface area contributed by atoms with Gasteiger partial charge in [-0.05, 0) is 30.9 Å². The largest absolute Gasteiger partial charge is 0.338 e. The standard InChI is InChI=1S/C16H19ClN4O2/c1-2-10-7-19-20-14(10)11-4-3-5-21(9-11)16(23)13-6-12(17)8-18-15(13)22/h6-8,11H,2-5,9H2,1H3,(H,18,22)(H,19,20). The number of likely N-dealkylation sites (tertiary alicyclic amines) is 1. The van der Waals surface area contributed by atoms with E-state index in [1.54, 1.807) is 4.90 Å². The van der Waals surface area contributed by atoms with Crippen LogP contribution in [0.3, 0.4) is 0 Å². The highest BCUT2D eigenvalue weighted by molar-refractivity contribution is 6.30. The quantitative estimate of drug-likeness (QED) is 0.903. The maximum atomic E-state index is 12.7. The number of hydrogen-bond acceptors (Lipinski definition) is 3. The average Bonchev–Trinajstić information content (AvgIpc) is 3.05. The number of carbonyl (C=O) groups excluding carboxylic acids is 1. The van der Waals surface area contributed by atoms with E-state index in [1.165, 1.54) is 17.8 Å². The van der Waals surface area contributed by atoms with Gasteiger partial charge in [0.2, 0.25) is 0 Å². The fourth-order valence-corrected chi connectivity index (χ4v) is 3.30. The van der Waals surface area contributed by atoms with Crippen molar-refractivity contribution in [1.82, 2.24) is 20.1 Å². The molecule has 0 aliphatic carbocycles. The van der Waals surface area contributed by atoms with Crippen LogP contribution in [0.1, 0.15) is 47.3 Å². The summed E-state index contributed by atoms with van der Waals surface area (Å²) in [5.41, 5.74) is 1.98. The molecule has 1 unspecified atom stereocenters. The fourth-order valence-electron chi connectivity index (χ4n) is 3.14. The molecule has 0 aromatic carbocycles. The van der Waals surface area contributed by atoms with Crippen molar-refractivity contribution in [3.8, 4) is 0 Å². The van der Waals surface area contributed by atoms with E-state index in [4.69, 9.17) is 11.6 Å². The van der Waals surface area contributed by atoms with Crippen molar-refractivity contribution < 1.29 is 4.79 Å². The van der Waals surface area contributed by atoms with E-state index in [1.807, 2.05) is 6.20 Å². The lowest BCUT2D eigenvalue weighted by molar-refractivity contribution is 0.0703. The van der Waals surface area contributed by atoms with E-state index < -0.39 is 5.56 Å². The molecule has 0 spiro atoms. The van der Waals surface area contributed by atoms with Crippen molar-refractivity contribution in [2.45, 2.75) is 32.1 Å². The molecule has 1 saturated heterocycles. The first kappa shape index (κ1) is 15.8. The van der Waals surface area contributed by atoms with Gasteiger partial charge >= 0.3 is 0 Å². The van der Waals surface area contributed by atoms with Crippen molar-refractivity contribution >= 4 is 17.5 Å². The molecule has 7 heteroatoms. The summed E-state index contributed by atoms with van der Waals surface area (Å²) in [4.78, 5) is 28.8. The lowest BCUT2D eigenvalue weighted by Gasteiger charge is -2.32. The van der Waals surface area contributed by atoms with Crippen LogP contribution < -0.4 is 5.56 Å². The second-order valence-corrected chi connectivity index (χ2v) is 6.25. The highest BCUT2D eigenvalue weighted by atomic mass is 35.5. The maximum absolute atomic E-state index is 12.7. The van der Waals surface area contributed by atoms with Crippen molar-refractivity contribution in [1.29, 1.82) is 0 Å². The Bertz CT molecular complexity index is 767. The van der Waals surface area contributed by atoms with Crippen LogP contribution in [0.2, 0.25) is 5.02 Å². The summed E-state index contributed by atoms with van der Waals surface area (Å²) in [6, 6.07) is 1.43. The molecule has 6 nitrogen and oxygen atoms in total. The molecule has 1 atom stereocenters. The van der Waals surface area contributed by atoms with Gasteiger partial charge in [0.15, 0.2) is 0 Å². The number of hydrogen-bond donors (Lipinski definition) is 2. The second kappa shape index (κ2) is 6.58. The normalized spacial score (nSPS) is 18.2. The SMILES string of the molecule is CCc1cn[nH]c1C1CCCN(C(=O)c2cc(Cl)c[nH]c2=O)C1. The first-order chi connectivity index (χ1) is 11.1. The Morgan fingerprint density at radius 2 is 2.35 bits per heavy atom. The number of nitrogens with zero attached hydrogens (tertiary/aromatic N) is 2. The van der Waals surface area contributed by atoms with Gasteiger partial charge in [0.05, 0.1) is 11.2 Å². The molecular formula is C16H19ClN4O2. The number of piperidine rings is 1. The Morgan fingerprint density at radius 3 is 3.13 bits per heavy atom. The Kier molecular flexibility index (Phi) is 4.52. The number of aryl methyl sites for hydroxylation is 1. The monoisotopic (exact) mass is 334 g/mol. The smallest absolute Gasteiger partial charge is 0.260 e. The number of amides is 1. The molecule has 2 aromatic rings. The van der Waals surface area contributed by atoms with Gasteiger partial charge in [-0.25, -0.2) is 0 Å². The predicted octanol–water partition coefficient (Wildman–Crippen LogP) is 2.33. The Hall–Kier alpha value is -2.08. The molecule has 23 heavy (non-hydrogen) atoms. The van der Waals surface area contributed by atoms with Crippen LogP contribution in [0, 0.1) is 0 Å². The minimum atomic E-state index is -0.405. The predicted molar refractivity (Wildman–Crippen MR) is 87.9 cm³/mol. The number of pyridine rings is 1. The van der Waals surface area contributed by atoms with Gasteiger partial charge in [-0.15, -0.1) is 0 Å². The zero-order valence-electron chi connectivity index (χ0n) is 12.9. The third-order valence-electron chi connectivity index (χ3n) is 4.35. The van der Waals surface area contributed by atoms with E-state index in [9.17, 15) is 9.59 Å². The second-order valence-electron chi connectivity index (χ2n) is 5.81. The van der Waals surface area contributed by atoms with Crippen LogP contribution >= 0.6 is 11.6 Å². The number of H-pyrrole nitrogens is 2. The Morgan fingerprint density at radius 1 is 1.52 bits per heavy atom. The van der Waals surface area contributed by atoms with Gasteiger partial charge in [-0.1, -0.05) is 18.5 Å². The van der Waals surface area contributed by atoms with E-state index >= 15 is 0 Å². The van der Waals surface area contributed by atoms with Crippen molar-refractivity contribution in [3.63, 3.8) is 0 Å². The van der Waals surface area contributed by atoms with E-state index in [0.29, 0.717) is 18.1 Å². The van der Waals surface area contributed by atoms with Crippen LogP contribution in [0.15, 0.2) is 23.3 Å².